The van der Waals surface area contributed by atoms with Gasteiger partial charge < -0.3 is 9.64 Å². The van der Waals surface area contributed by atoms with E-state index >= 15 is 0 Å². The van der Waals surface area contributed by atoms with Crippen LogP contribution in [0.3, 0.4) is 0 Å². The van der Waals surface area contributed by atoms with E-state index in [1.807, 2.05) is 24.3 Å². The molecular formula is C11H13NO2. The number of carbonyl (C=O) groups is 1. The summed E-state index contributed by atoms with van der Waals surface area (Å²) in [6, 6.07) is 7.57. The lowest BCUT2D eigenvalue weighted by Gasteiger charge is -2.28. The van der Waals surface area contributed by atoms with Crippen LogP contribution in [-0.2, 0) is 4.74 Å². The van der Waals surface area contributed by atoms with Crippen molar-refractivity contribution in [2.45, 2.75) is 6.42 Å². The third kappa shape index (κ3) is 1.93. The highest BCUT2D eigenvalue weighted by molar-refractivity contribution is 5.75. The maximum absolute atomic E-state index is 10.5. The lowest BCUT2D eigenvalue weighted by Crippen LogP contribution is -2.32. The van der Waals surface area contributed by atoms with Gasteiger partial charge in [-0.05, 0) is 30.7 Å². The van der Waals surface area contributed by atoms with Crippen LogP contribution < -0.4 is 4.90 Å². The summed E-state index contributed by atoms with van der Waals surface area (Å²) >= 11 is 0. The van der Waals surface area contributed by atoms with Crippen molar-refractivity contribution in [3.05, 3.63) is 29.8 Å². The summed E-state index contributed by atoms with van der Waals surface area (Å²) in [5.41, 5.74) is 1.84. The molecule has 0 amide bonds. The van der Waals surface area contributed by atoms with Crippen molar-refractivity contribution in [3.8, 4) is 0 Å². The molecule has 0 aliphatic carbocycles. The average molecular weight is 191 g/mol. The average Bonchev–Trinajstić information content (AvgIpc) is 2.30. The van der Waals surface area contributed by atoms with Gasteiger partial charge in [-0.2, -0.15) is 0 Å². The molecule has 0 bridgehead atoms. The van der Waals surface area contributed by atoms with E-state index < -0.39 is 0 Å². The van der Waals surface area contributed by atoms with Crippen molar-refractivity contribution >= 4 is 12.0 Å². The zero-order valence-electron chi connectivity index (χ0n) is 7.98. The molecule has 1 saturated heterocycles. The van der Waals surface area contributed by atoms with Gasteiger partial charge in [0.05, 0.1) is 6.61 Å². The maximum Gasteiger partial charge on any atom is 0.150 e. The first-order valence-electron chi connectivity index (χ1n) is 4.78. The highest BCUT2D eigenvalue weighted by Gasteiger charge is 2.10. The first-order valence-corrected chi connectivity index (χ1v) is 4.78. The Morgan fingerprint density at radius 2 is 2.07 bits per heavy atom. The van der Waals surface area contributed by atoms with Crippen LogP contribution in [0.4, 0.5) is 5.69 Å². The Morgan fingerprint density at radius 3 is 2.64 bits per heavy atom. The van der Waals surface area contributed by atoms with Gasteiger partial charge in [0.1, 0.15) is 13.0 Å². The van der Waals surface area contributed by atoms with Crippen LogP contribution in [-0.4, -0.2) is 26.2 Å². The summed E-state index contributed by atoms with van der Waals surface area (Å²) in [6.45, 7) is 2.53. The molecule has 1 aliphatic heterocycles. The minimum Gasteiger partial charge on any atom is -0.361 e. The monoisotopic (exact) mass is 191 g/mol. The molecule has 0 saturated carbocycles. The lowest BCUT2D eigenvalue weighted by atomic mass is 10.2. The van der Waals surface area contributed by atoms with E-state index in [-0.39, 0.29) is 0 Å². The fourth-order valence-corrected chi connectivity index (χ4v) is 1.56. The van der Waals surface area contributed by atoms with Gasteiger partial charge in [-0.1, -0.05) is 0 Å². The number of benzene rings is 1. The second kappa shape index (κ2) is 4.24. The van der Waals surface area contributed by atoms with Gasteiger partial charge in [0.15, 0.2) is 0 Å². The fourth-order valence-electron chi connectivity index (χ4n) is 1.56. The van der Waals surface area contributed by atoms with Crippen LogP contribution in [0.15, 0.2) is 24.3 Å². The van der Waals surface area contributed by atoms with Gasteiger partial charge in [0.25, 0.3) is 0 Å². The molecule has 0 spiro atoms. The Kier molecular flexibility index (Phi) is 2.79. The third-order valence-corrected chi connectivity index (χ3v) is 2.36. The molecule has 1 fully saturated rings. The molecule has 0 radical (unpaired) electrons. The molecule has 1 aromatic rings. The number of rotatable bonds is 2. The van der Waals surface area contributed by atoms with Crippen LogP contribution in [0, 0.1) is 0 Å². The predicted octanol–water partition coefficient (Wildman–Crippen LogP) is 1.68. The Hall–Kier alpha value is -1.35. The van der Waals surface area contributed by atoms with E-state index in [1.54, 1.807) is 0 Å². The number of anilines is 1. The van der Waals surface area contributed by atoms with Crippen molar-refractivity contribution < 1.29 is 9.53 Å². The molecule has 3 heteroatoms. The quantitative estimate of drug-likeness (QED) is 0.666. The van der Waals surface area contributed by atoms with Crippen LogP contribution in [0.1, 0.15) is 16.8 Å². The molecule has 0 unspecified atom stereocenters. The smallest absolute Gasteiger partial charge is 0.150 e. The first kappa shape index (κ1) is 9.21. The SMILES string of the molecule is O=Cc1ccc(N2CCCOC2)cc1. The lowest BCUT2D eigenvalue weighted by molar-refractivity contribution is 0.107. The minimum atomic E-state index is 0.653. The standard InChI is InChI=1S/C11H13NO2/c13-8-10-2-4-11(5-3-10)12-6-1-7-14-9-12/h2-5,8H,1,6-7,9H2. The molecule has 0 atom stereocenters. The Balaban J connectivity index is 2.11. The normalized spacial score (nSPS) is 16.7. The zero-order valence-corrected chi connectivity index (χ0v) is 7.98. The van der Waals surface area contributed by atoms with Crippen LogP contribution in [0.2, 0.25) is 0 Å². The molecule has 3 nitrogen and oxygen atoms in total. The van der Waals surface area contributed by atoms with Gasteiger partial charge in [0, 0.05) is 17.8 Å². The zero-order chi connectivity index (χ0) is 9.80. The van der Waals surface area contributed by atoms with Crippen molar-refractivity contribution in [1.82, 2.24) is 0 Å². The molecule has 1 aliphatic rings. The van der Waals surface area contributed by atoms with E-state index in [9.17, 15) is 4.79 Å². The summed E-state index contributed by atoms with van der Waals surface area (Å²) in [7, 11) is 0. The van der Waals surface area contributed by atoms with Crippen LogP contribution in [0.25, 0.3) is 0 Å². The Bertz CT molecular complexity index is 302. The van der Waals surface area contributed by atoms with E-state index in [2.05, 4.69) is 4.90 Å². The van der Waals surface area contributed by atoms with Gasteiger partial charge in [-0.25, -0.2) is 0 Å². The molecule has 0 N–H and O–H groups in total. The molecular weight excluding hydrogens is 178 g/mol. The van der Waals surface area contributed by atoms with E-state index in [4.69, 9.17) is 4.74 Å². The van der Waals surface area contributed by atoms with Crippen molar-refractivity contribution in [2.75, 3.05) is 24.8 Å². The van der Waals surface area contributed by atoms with E-state index in [0.717, 1.165) is 31.5 Å². The third-order valence-electron chi connectivity index (χ3n) is 2.36. The van der Waals surface area contributed by atoms with Crippen molar-refractivity contribution in [2.24, 2.45) is 0 Å². The number of hydrogen-bond acceptors (Lipinski definition) is 3. The summed E-state index contributed by atoms with van der Waals surface area (Å²) < 4.78 is 5.35. The molecule has 1 heterocycles. The number of nitrogens with zero attached hydrogens (tertiary/aromatic N) is 1. The Labute approximate surface area is 83.3 Å². The topological polar surface area (TPSA) is 29.5 Å². The fraction of sp³-hybridized carbons (Fsp3) is 0.364. The van der Waals surface area contributed by atoms with Gasteiger partial charge in [-0.15, -0.1) is 0 Å². The largest absolute Gasteiger partial charge is 0.361 e. The molecule has 1 aromatic carbocycles. The summed E-state index contributed by atoms with van der Waals surface area (Å²) in [5.74, 6) is 0. The van der Waals surface area contributed by atoms with Gasteiger partial charge in [-0.3, -0.25) is 4.79 Å². The summed E-state index contributed by atoms with van der Waals surface area (Å²) in [5, 5.41) is 0. The molecule has 0 aromatic heterocycles. The summed E-state index contributed by atoms with van der Waals surface area (Å²) in [4.78, 5) is 12.6. The van der Waals surface area contributed by atoms with E-state index in [0.29, 0.717) is 12.3 Å². The van der Waals surface area contributed by atoms with Crippen molar-refractivity contribution in [3.63, 3.8) is 0 Å². The highest BCUT2D eigenvalue weighted by Crippen LogP contribution is 2.16. The van der Waals surface area contributed by atoms with Crippen molar-refractivity contribution in [1.29, 1.82) is 0 Å². The first-order chi connectivity index (χ1) is 6.90. The highest BCUT2D eigenvalue weighted by atomic mass is 16.5. The van der Waals surface area contributed by atoms with Crippen LogP contribution >= 0.6 is 0 Å². The molecule has 74 valence electrons. The van der Waals surface area contributed by atoms with Gasteiger partial charge >= 0.3 is 0 Å². The maximum atomic E-state index is 10.5. The van der Waals surface area contributed by atoms with Crippen LogP contribution in [0.5, 0.6) is 0 Å². The second-order valence-corrected chi connectivity index (χ2v) is 3.36. The second-order valence-electron chi connectivity index (χ2n) is 3.36. The number of aldehydes is 1. The Morgan fingerprint density at radius 1 is 1.29 bits per heavy atom. The number of ether oxygens (including phenoxy) is 1. The van der Waals surface area contributed by atoms with E-state index in [1.165, 1.54) is 0 Å². The minimum absolute atomic E-state index is 0.653. The number of carbonyl (C=O) groups excluding carboxylic acids is 1. The molecule has 14 heavy (non-hydrogen) atoms. The summed E-state index contributed by atoms with van der Waals surface area (Å²) in [6.07, 6.45) is 1.92. The predicted molar refractivity (Wildman–Crippen MR) is 54.6 cm³/mol. The van der Waals surface area contributed by atoms with Gasteiger partial charge in [0.2, 0.25) is 0 Å². The number of hydrogen-bond donors (Lipinski definition) is 0. The molecule has 2 rings (SSSR count).